The molecule has 0 saturated carbocycles. The van der Waals surface area contributed by atoms with Crippen molar-refractivity contribution in [2.45, 2.75) is 45.8 Å². The molecule has 0 radical (unpaired) electrons. The molecular weight excluding hydrogens is 330 g/mol. The fraction of sp³-hybridized carbons (Fsp3) is 1.00. The average Bonchev–Trinajstić information content (AvgIpc) is 2.22. The van der Waals surface area contributed by atoms with Gasteiger partial charge in [-0.25, -0.2) is 0 Å². The van der Waals surface area contributed by atoms with E-state index in [1.54, 1.807) is 0 Å². The number of nitrogens with zero attached hydrogens (tertiary/aromatic N) is 1. The first-order valence-corrected chi connectivity index (χ1v) is 22.4. The summed E-state index contributed by atoms with van der Waals surface area (Å²) in [5.41, 5.74) is 0. The van der Waals surface area contributed by atoms with E-state index >= 15 is 0 Å². The van der Waals surface area contributed by atoms with Crippen molar-refractivity contribution in [3.8, 4) is 0 Å². The van der Waals surface area contributed by atoms with Crippen molar-refractivity contribution in [2.24, 2.45) is 0 Å². The molecule has 0 aromatic heterocycles. The summed E-state index contributed by atoms with van der Waals surface area (Å²) in [6, 6.07) is 0. The number of hydrogen-bond acceptors (Lipinski definition) is 4. The second-order valence-corrected chi connectivity index (χ2v) is 46.1. The number of fused-ring (bicyclic) bond motifs is 6. The molecule has 0 aromatic rings. The van der Waals surface area contributed by atoms with Gasteiger partial charge in [0.1, 0.15) is 6.63 Å². The molecule has 3 fully saturated rings. The molecule has 4 nitrogen and oxygen atoms in total. The molecule has 0 aliphatic carbocycles. The van der Waals surface area contributed by atoms with Gasteiger partial charge in [0.2, 0.25) is 0 Å². The van der Waals surface area contributed by atoms with Gasteiger partial charge in [0, 0.05) is 34.8 Å². The van der Waals surface area contributed by atoms with Gasteiger partial charge in [-0.1, -0.05) is 45.8 Å². The lowest BCUT2D eigenvalue weighted by molar-refractivity contribution is 0.00542. The van der Waals surface area contributed by atoms with Crippen LogP contribution in [-0.2, 0) is 13.3 Å². The third-order valence-electron chi connectivity index (χ3n) is 5.71. The molecule has 0 atom stereocenters. The zero-order valence-corrected chi connectivity index (χ0v) is 18.9. The number of hydrogen-bond donors (Lipinski definition) is 0. The Bertz CT molecular complexity index is 340. The summed E-state index contributed by atoms with van der Waals surface area (Å²) in [7, 11) is -5.30. The lowest BCUT2D eigenvalue weighted by Gasteiger charge is -2.55. The maximum absolute atomic E-state index is 6.54. The lowest BCUT2D eigenvalue weighted by Crippen LogP contribution is -2.87. The van der Waals surface area contributed by atoms with Gasteiger partial charge in [-0.3, -0.25) is 4.90 Å². The van der Waals surface area contributed by atoms with E-state index in [0.717, 1.165) is 39.5 Å². The summed E-state index contributed by atoms with van der Waals surface area (Å²) in [6.45, 7) is 21.5. The Labute approximate surface area is 133 Å². The fourth-order valence-corrected chi connectivity index (χ4v) is 66.6. The first-order chi connectivity index (χ1) is 9.54. The Morgan fingerprint density at radius 1 is 0.667 bits per heavy atom. The van der Waals surface area contributed by atoms with Crippen LogP contribution in [0, 0.1) is 0 Å². The molecule has 124 valence electrons. The van der Waals surface area contributed by atoms with Crippen LogP contribution in [0.15, 0.2) is 0 Å². The minimum atomic E-state index is -2.52. The molecule has 3 rings (SSSR count). The van der Waals surface area contributed by atoms with Crippen molar-refractivity contribution >= 4 is 30.1 Å². The van der Waals surface area contributed by atoms with Crippen molar-refractivity contribution < 1.29 is 13.3 Å². The molecular formula is C13H33NO3Si4. The second-order valence-electron chi connectivity index (χ2n) is 8.57. The lowest BCUT2D eigenvalue weighted by atomic mass is 10.4. The van der Waals surface area contributed by atoms with Gasteiger partial charge in [-0.15, -0.1) is 0 Å². The monoisotopic (exact) mass is 363 g/mol. The molecule has 0 amide bonds. The van der Waals surface area contributed by atoms with Gasteiger partial charge >= 0.3 is 8.32 Å². The molecule has 2 bridgehead atoms. The first kappa shape index (κ1) is 18.1. The van der Waals surface area contributed by atoms with E-state index in [-0.39, 0.29) is 0 Å². The zero-order chi connectivity index (χ0) is 15.9. The van der Waals surface area contributed by atoms with Gasteiger partial charge in [0.25, 0.3) is 0 Å². The summed E-state index contributed by atoms with van der Waals surface area (Å²) in [4.78, 5) is 2.40. The highest BCUT2D eigenvalue weighted by Crippen LogP contribution is 2.39. The largest absolute Gasteiger partial charge is 0.464 e. The predicted molar refractivity (Wildman–Crippen MR) is 98.4 cm³/mol. The Hall–Kier alpha value is 0.708. The van der Waals surface area contributed by atoms with Crippen molar-refractivity contribution in [3.05, 3.63) is 0 Å². The van der Waals surface area contributed by atoms with Gasteiger partial charge in [-0.2, -0.15) is 0 Å². The summed E-state index contributed by atoms with van der Waals surface area (Å²) < 4.78 is 19.6. The smallest absolute Gasteiger partial charge is 0.375 e. The van der Waals surface area contributed by atoms with E-state index in [1.165, 1.54) is 0 Å². The minimum Gasteiger partial charge on any atom is -0.375 e. The summed E-state index contributed by atoms with van der Waals surface area (Å²) in [5.74, 6) is 0. The fourth-order valence-electron chi connectivity index (χ4n) is 3.86. The van der Waals surface area contributed by atoms with Crippen LogP contribution >= 0.6 is 0 Å². The van der Waals surface area contributed by atoms with E-state index in [2.05, 4.69) is 50.7 Å². The standard InChI is InChI=1S/C13H33NO3Si4/c1-18(2,3)20(7,19(4,5)6)21-15-11-8-14(9-12-16-21)10-13-17-21/h8-13H2,1-7H3. The molecule has 0 N–H and O–H groups in total. The Morgan fingerprint density at radius 2 is 1.00 bits per heavy atom. The minimum absolute atomic E-state index is 0.795. The molecule has 0 spiro atoms. The van der Waals surface area contributed by atoms with Gasteiger partial charge in [0.05, 0.1) is 19.8 Å². The quantitative estimate of drug-likeness (QED) is 0.720. The van der Waals surface area contributed by atoms with Gasteiger partial charge in [0.15, 0.2) is 0 Å². The molecule has 0 unspecified atom stereocenters. The van der Waals surface area contributed by atoms with E-state index in [9.17, 15) is 0 Å². The third-order valence-corrected chi connectivity index (χ3v) is 70.2. The van der Waals surface area contributed by atoms with E-state index in [0.29, 0.717) is 0 Å². The summed E-state index contributed by atoms with van der Waals surface area (Å²) in [5, 5.41) is 0. The Balaban J connectivity index is 2.49. The summed E-state index contributed by atoms with van der Waals surface area (Å²) >= 11 is 0. The molecule has 3 saturated heterocycles. The van der Waals surface area contributed by atoms with Crippen LogP contribution in [0.1, 0.15) is 0 Å². The van der Waals surface area contributed by atoms with Crippen LogP contribution in [0.2, 0.25) is 45.8 Å². The van der Waals surface area contributed by atoms with Crippen LogP contribution in [0.25, 0.3) is 0 Å². The molecule has 3 aliphatic rings. The Kier molecular flexibility index (Phi) is 5.13. The highest BCUT2D eigenvalue weighted by molar-refractivity contribution is 7.87. The SMILES string of the molecule is C[Si](C)(C)[Si](C)([Si](C)(C)C)[Si]12OCCN(CCO1)CCO2. The topological polar surface area (TPSA) is 30.9 Å². The molecule has 21 heavy (non-hydrogen) atoms. The number of rotatable bonds is 3. The first-order valence-electron chi connectivity index (χ1n) is 8.18. The van der Waals surface area contributed by atoms with Gasteiger partial charge < -0.3 is 13.3 Å². The summed E-state index contributed by atoms with van der Waals surface area (Å²) in [6.07, 6.45) is 0. The van der Waals surface area contributed by atoms with Crippen LogP contribution in [0.5, 0.6) is 0 Å². The van der Waals surface area contributed by atoms with Crippen LogP contribution in [0.3, 0.4) is 0 Å². The predicted octanol–water partition coefficient (Wildman–Crippen LogP) is 2.29. The zero-order valence-electron chi connectivity index (χ0n) is 14.9. The maximum Gasteiger partial charge on any atom is 0.464 e. The van der Waals surface area contributed by atoms with Crippen molar-refractivity contribution in [3.63, 3.8) is 0 Å². The Morgan fingerprint density at radius 3 is 1.29 bits per heavy atom. The highest BCUT2D eigenvalue weighted by Gasteiger charge is 2.71. The van der Waals surface area contributed by atoms with E-state index < -0.39 is 30.1 Å². The van der Waals surface area contributed by atoms with Crippen molar-refractivity contribution in [1.82, 2.24) is 4.90 Å². The average molecular weight is 364 g/mol. The molecule has 3 aliphatic heterocycles. The van der Waals surface area contributed by atoms with Crippen LogP contribution < -0.4 is 0 Å². The third kappa shape index (κ3) is 3.05. The van der Waals surface area contributed by atoms with E-state index in [1.807, 2.05) is 0 Å². The maximum atomic E-state index is 6.54. The van der Waals surface area contributed by atoms with E-state index in [4.69, 9.17) is 13.3 Å². The van der Waals surface area contributed by atoms with Crippen LogP contribution in [-0.4, -0.2) is 74.5 Å². The van der Waals surface area contributed by atoms with Gasteiger partial charge in [-0.05, 0) is 0 Å². The van der Waals surface area contributed by atoms with Crippen molar-refractivity contribution in [2.75, 3.05) is 39.5 Å². The molecule has 3 heterocycles. The molecule has 0 aromatic carbocycles. The second kappa shape index (κ2) is 5.97. The van der Waals surface area contributed by atoms with Crippen LogP contribution in [0.4, 0.5) is 0 Å². The normalized spacial score (nSPS) is 32.4. The molecule has 8 heteroatoms. The highest BCUT2D eigenvalue weighted by atomic mass is 29.9. The van der Waals surface area contributed by atoms with Crippen molar-refractivity contribution in [1.29, 1.82) is 0 Å².